The topological polar surface area (TPSA) is 37.4 Å². The van der Waals surface area contributed by atoms with E-state index >= 15 is 0 Å². The van der Waals surface area contributed by atoms with Crippen LogP contribution in [0.2, 0.25) is 0 Å². The van der Waals surface area contributed by atoms with Crippen molar-refractivity contribution in [1.82, 2.24) is 4.31 Å². The minimum absolute atomic E-state index is 0.212. The fourth-order valence-electron chi connectivity index (χ4n) is 1.77. The standard InChI is InChI=1S/C13H19NO2S/c1-5-11-14(12(2)15)17(3,4,16)13-9-7-6-8-10-13/h5-10H,1,11H2,2-4H3. The normalized spacial score (nSPS) is 13.5. The first kappa shape index (κ1) is 13.6. The second kappa shape index (κ2) is 4.45. The second-order valence-electron chi connectivity index (χ2n) is 4.45. The van der Waals surface area contributed by atoms with E-state index < -0.39 is 9.25 Å². The fourth-order valence-corrected chi connectivity index (χ4v) is 4.25. The first-order valence-corrected chi connectivity index (χ1v) is 8.08. The van der Waals surface area contributed by atoms with Gasteiger partial charge in [-0.15, -0.1) is 6.58 Å². The molecule has 1 amide bonds. The predicted octanol–water partition coefficient (Wildman–Crippen LogP) is 2.07. The second-order valence-corrected chi connectivity index (χ2v) is 8.89. The van der Waals surface area contributed by atoms with Crippen molar-refractivity contribution >= 4 is 15.2 Å². The SMILES string of the molecule is C=CCN(C(C)=O)S(C)(C)(=O)c1ccccc1. The zero-order valence-corrected chi connectivity index (χ0v) is 11.4. The fraction of sp³-hybridized carbons (Fsp3) is 0.308. The Bertz CT molecular complexity index is 487. The molecule has 1 aromatic carbocycles. The maximum absolute atomic E-state index is 13.2. The third-order valence-electron chi connectivity index (χ3n) is 2.70. The van der Waals surface area contributed by atoms with E-state index in [-0.39, 0.29) is 12.5 Å². The van der Waals surface area contributed by atoms with E-state index in [0.29, 0.717) is 4.90 Å². The third-order valence-corrected chi connectivity index (χ3v) is 6.01. The molecule has 0 aliphatic heterocycles. The quantitative estimate of drug-likeness (QED) is 0.770. The molecule has 0 heterocycles. The molecule has 0 aliphatic carbocycles. The highest BCUT2D eigenvalue weighted by atomic mass is 32.3. The molecule has 0 unspecified atom stereocenters. The van der Waals surface area contributed by atoms with Gasteiger partial charge in [0.2, 0.25) is 5.91 Å². The van der Waals surface area contributed by atoms with E-state index in [1.54, 1.807) is 30.7 Å². The van der Waals surface area contributed by atoms with Crippen molar-refractivity contribution in [1.29, 1.82) is 0 Å². The summed E-state index contributed by atoms with van der Waals surface area (Å²) in [6.45, 7) is 5.31. The van der Waals surface area contributed by atoms with Gasteiger partial charge in [-0.3, -0.25) is 13.3 Å². The number of hydrogen-bond donors (Lipinski definition) is 0. The minimum atomic E-state index is -3.34. The Balaban J connectivity index is 3.36. The molecule has 17 heavy (non-hydrogen) atoms. The number of carbonyl (C=O) groups is 1. The van der Waals surface area contributed by atoms with Crippen LogP contribution < -0.4 is 0 Å². The highest BCUT2D eigenvalue weighted by Gasteiger charge is 2.36. The lowest BCUT2D eigenvalue weighted by Crippen LogP contribution is -2.51. The van der Waals surface area contributed by atoms with Crippen LogP contribution in [-0.4, -0.2) is 33.5 Å². The number of rotatable bonds is 4. The van der Waals surface area contributed by atoms with Crippen LogP contribution in [-0.2, 0) is 14.0 Å². The molecule has 4 heteroatoms. The minimum Gasteiger partial charge on any atom is -0.275 e. The smallest absolute Gasteiger partial charge is 0.230 e. The number of amides is 1. The highest BCUT2D eigenvalue weighted by molar-refractivity contribution is 8.17. The first-order valence-electron chi connectivity index (χ1n) is 5.34. The third kappa shape index (κ3) is 2.64. The zero-order valence-electron chi connectivity index (χ0n) is 10.6. The molecule has 0 saturated heterocycles. The number of benzene rings is 1. The molecule has 0 atom stereocenters. The summed E-state index contributed by atoms with van der Waals surface area (Å²) in [6, 6.07) is 9.07. The van der Waals surface area contributed by atoms with Gasteiger partial charge in [-0.1, -0.05) is 24.3 Å². The van der Waals surface area contributed by atoms with Crippen molar-refractivity contribution in [2.24, 2.45) is 0 Å². The van der Waals surface area contributed by atoms with Crippen LogP contribution >= 0.6 is 0 Å². The summed E-state index contributed by atoms with van der Waals surface area (Å²) in [5, 5.41) is 0. The van der Waals surface area contributed by atoms with Crippen LogP contribution in [0, 0.1) is 0 Å². The molecule has 1 rings (SSSR count). The summed E-state index contributed by atoms with van der Waals surface area (Å²) in [7, 11) is -3.34. The van der Waals surface area contributed by atoms with Crippen molar-refractivity contribution < 1.29 is 9.00 Å². The molecule has 0 N–H and O–H groups in total. The summed E-state index contributed by atoms with van der Waals surface area (Å²) in [5.41, 5.74) is 0. The monoisotopic (exact) mass is 253 g/mol. The van der Waals surface area contributed by atoms with Gasteiger partial charge in [-0.2, -0.15) is 0 Å². The maximum Gasteiger partial charge on any atom is 0.230 e. The van der Waals surface area contributed by atoms with E-state index in [0.717, 1.165) is 0 Å². The summed E-state index contributed by atoms with van der Waals surface area (Å²) >= 11 is 0. The zero-order chi connectivity index (χ0) is 13.1. The summed E-state index contributed by atoms with van der Waals surface area (Å²) in [4.78, 5) is 12.3. The van der Waals surface area contributed by atoms with Crippen molar-refractivity contribution in [3.8, 4) is 0 Å². The lowest BCUT2D eigenvalue weighted by molar-refractivity contribution is -0.123. The summed E-state index contributed by atoms with van der Waals surface area (Å²) in [5.74, 6) is -0.212. The molecular formula is C13H19NO2S. The van der Waals surface area contributed by atoms with Gasteiger partial charge < -0.3 is 0 Å². The molecule has 1 aromatic rings. The molecule has 3 nitrogen and oxygen atoms in total. The molecule has 0 aliphatic rings. The van der Waals surface area contributed by atoms with Crippen molar-refractivity contribution in [3.63, 3.8) is 0 Å². The number of nitrogens with zero attached hydrogens (tertiary/aromatic N) is 1. The predicted molar refractivity (Wildman–Crippen MR) is 72.3 cm³/mol. The Labute approximate surface area is 103 Å². The van der Waals surface area contributed by atoms with Crippen LogP contribution in [0.5, 0.6) is 0 Å². The molecule has 0 fully saturated rings. The van der Waals surface area contributed by atoms with Gasteiger partial charge in [0.15, 0.2) is 0 Å². The largest absolute Gasteiger partial charge is 0.275 e. The molecule has 0 aromatic heterocycles. The van der Waals surface area contributed by atoms with E-state index in [4.69, 9.17) is 0 Å². The van der Waals surface area contributed by atoms with Crippen LogP contribution in [0.1, 0.15) is 6.92 Å². The Morgan fingerprint density at radius 3 is 2.29 bits per heavy atom. The van der Waals surface area contributed by atoms with E-state index in [1.165, 1.54) is 11.2 Å². The van der Waals surface area contributed by atoms with E-state index in [1.807, 2.05) is 18.2 Å². The summed E-state index contributed by atoms with van der Waals surface area (Å²) in [6.07, 6.45) is 4.83. The van der Waals surface area contributed by atoms with Crippen LogP contribution in [0.15, 0.2) is 47.9 Å². The number of hydrogen-bond acceptors (Lipinski definition) is 2. The van der Waals surface area contributed by atoms with Crippen LogP contribution in [0.3, 0.4) is 0 Å². The molecule has 0 bridgehead atoms. The Hall–Kier alpha value is -1.42. The first-order chi connectivity index (χ1) is 7.78. The average Bonchev–Trinajstić information content (AvgIpc) is 2.26. The van der Waals surface area contributed by atoms with E-state index in [2.05, 4.69) is 6.58 Å². The van der Waals surface area contributed by atoms with Gasteiger partial charge in [-0.05, 0) is 21.4 Å². The van der Waals surface area contributed by atoms with Gasteiger partial charge in [-0.25, -0.2) is 0 Å². The molecular weight excluding hydrogens is 234 g/mol. The Morgan fingerprint density at radius 2 is 1.88 bits per heavy atom. The summed E-state index contributed by atoms with van der Waals surface area (Å²) < 4.78 is 14.6. The van der Waals surface area contributed by atoms with Crippen molar-refractivity contribution in [3.05, 3.63) is 43.0 Å². The molecule has 0 saturated carbocycles. The number of carbonyl (C=O) groups excluding carboxylic acids is 1. The van der Waals surface area contributed by atoms with Crippen LogP contribution in [0.25, 0.3) is 0 Å². The lowest BCUT2D eigenvalue weighted by atomic mass is 10.4. The van der Waals surface area contributed by atoms with Gasteiger partial charge in [0.1, 0.15) is 0 Å². The van der Waals surface area contributed by atoms with Crippen molar-refractivity contribution in [2.75, 3.05) is 19.1 Å². The van der Waals surface area contributed by atoms with Gasteiger partial charge >= 0.3 is 0 Å². The van der Waals surface area contributed by atoms with Crippen molar-refractivity contribution in [2.45, 2.75) is 11.8 Å². The lowest BCUT2D eigenvalue weighted by Gasteiger charge is -2.44. The highest BCUT2D eigenvalue weighted by Crippen LogP contribution is 2.33. The maximum atomic E-state index is 13.2. The van der Waals surface area contributed by atoms with Gasteiger partial charge in [0.05, 0.1) is 6.54 Å². The molecule has 0 spiro atoms. The Morgan fingerprint density at radius 1 is 1.35 bits per heavy atom. The molecule has 94 valence electrons. The molecule has 0 radical (unpaired) electrons. The van der Waals surface area contributed by atoms with Gasteiger partial charge in [0, 0.05) is 24.3 Å². The van der Waals surface area contributed by atoms with Gasteiger partial charge in [0.25, 0.3) is 0 Å². The van der Waals surface area contributed by atoms with Crippen LogP contribution in [0.4, 0.5) is 0 Å². The Kier molecular flexibility index (Phi) is 3.57. The van der Waals surface area contributed by atoms with E-state index in [9.17, 15) is 9.00 Å². The average molecular weight is 253 g/mol.